The molecule has 4 N–H and O–H groups in total. The van der Waals surface area contributed by atoms with E-state index in [0.29, 0.717) is 0 Å². The number of alkyl carbamates (subject to hydrolysis) is 1. The smallest absolute Gasteiger partial charge is 0.408 e. The number of esters is 1. The summed E-state index contributed by atoms with van der Waals surface area (Å²) in [6.07, 6.45) is -0.795. The van der Waals surface area contributed by atoms with Crippen LogP contribution in [-0.2, 0) is 19.1 Å². The van der Waals surface area contributed by atoms with Crippen LogP contribution in [0.2, 0.25) is 0 Å². The van der Waals surface area contributed by atoms with Crippen molar-refractivity contribution in [3.05, 3.63) is 0 Å². The summed E-state index contributed by atoms with van der Waals surface area (Å²) in [6, 6.07) is -1.91. The van der Waals surface area contributed by atoms with Gasteiger partial charge in [-0.15, -0.1) is 0 Å². The van der Waals surface area contributed by atoms with Crippen molar-refractivity contribution in [2.45, 2.75) is 64.8 Å². The number of amides is 1. The number of nitrogens with two attached hydrogens (primary N) is 1. The van der Waals surface area contributed by atoms with Gasteiger partial charge in [0.25, 0.3) is 0 Å². The van der Waals surface area contributed by atoms with E-state index in [9.17, 15) is 14.4 Å². The highest BCUT2D eigenvalue weighted by Crippen LogP contribution is 2.23. The van der Waals surface area contributed by atoms with Crippen LogP contribution in [0.4, 0.5) is 4.79 Å². The van der Waals surface area contributed by atoms with E-state index in [0.717, 1.165) is 0 Å². The number of carbonyl (C=O) groups is 3. The molecule has 0 aliphatic rings. The van der Waals surface area contributed by atoms with E-state index in [2.05, 4.69) is 5.32 Å². The zero-order chi connectivity index (χ0) is 19.8. The van der Waals surface area contributed by atoms with E-state index < -0.39 is 41.3 Å². The molecular weight excluding hydrogens is 368 g/mol. The van der Waals surface area contributed by atoms with E-state index in [4.69, 9.17) is 20.3 Å². The highest BCUT2D eigenvalue weighted by Gasteiger charge is 2.25. The molecule has 10 heteroatoms. The van der Waals surface area contributed by atoms with Crippen molar-refractivity contribution in [2.24, 2.45) is 5.73 Å². The molecule has 1 amide bonds. The SMILES string of the molecule is CC(C)(C)OC(=O)N[C@@H](CSSC[C@H](N)C(=O)OC(C)(C)C)C(=O)O. The number of aliphatic carboxylic acids is 1. The molecule has 0 saturated carbocycles. The third-order valence-corrected chi connectivity index (χ3v) is 4.71. The van der Waals surface area contributed by atoms with Crippen LogP contribution in [0, 0.1) is 0 Å². The summed E-state index contributed by atoms with van der Waals surface area (Å²) in [5, 5.41) is 11.5. The van der Waals surface area contributed by atoms with Gasteiger partial charge in [0.1, 0.15) is 23.3 Å². The maximum atomic E-state index is 11.7. The molecular formula is C15H28N2O6S2. The third-order valence-electron chi connectivity index (χ3n) is 2.26. The third kappa shape index (κ3) is 12.8. The molecule has 8 nitrogen and oxygen atoms in total. The largest absolute Gasteiger partial charge is 0.480 e. The van der Waals surface area contributed by atoms with E-state index >= 15 is 0 Å². The average molecular weight is 397 g/mol. The van der Waals surface area contributed by atoms with Gasteiger partial charge in [-0.25, -0.2) is 9.59 Å². The fraction of sp³-hybridized carbons (Fsp3) is 0.800. The molecule has 0 bridgehead atoms. The van der Waals surface area contributed by atoms with E-state index in [1.54, 1.807) is 41.5 Å². The number of carboxylic acids is 1. The van der Waals surface area contributed by atoms with Gasteiger partial charge < -0.3 is 25.6 Å². The number of rotatable bonds is 8. The van der Waals surface area contributed by atoms with Gasteiger partial charge in [0, 0.05) is 11.5 Å². The molecule has 0 aromatic carbocycles. The van der Waals surface area contributed by atoms with E-state index in [1.165, 1.54) is 21.6 Å². The van der Waals surface area contributed by atoms with Crippen LogP contribution in [-0.4, -0.2) is 57.9 Å². The number of ether oxygens (including phenoxy) is 2. The molecule has 0 rings (SSSR count). The predicted molar refractivity (Wildman–Crippen MR) is 99.5 cm³/mol. The molecule has 25 heavy (non-hydrogen) atoms. The molecule has 0 aromatic heterocycles. The maximum Gasteiger partial charge on any atom is 0.408 e. The summed E-state index contributed by atoms with van der Waals surface area (Å²) >= 11 is 0. The summed E-state index contributed by atoms with van der Waals surface area (Å²) in [4.78, 5) is 34.6. The van der Waals surface area contributed by atoms with Crippen molar-refractivity contribution in [2.75, 3.05) is 11.5 Å². The molecule has 0 spiro atoms. The Morgan fingerprint density at radius 2 is 1.48 bits per heavy atom. The second-order valence-corrected chi connectivity index (χ2v) is 9.80. The zero-order valence-corrected chi connectivity index (χ0v) is 17.1. The Balaban J connectivity index is 4.27. The van der Waals surface area contributed by atoms with Gasteiger partial charge in [0.05, 0.1) is 0 Å². The van der Waals surface area contributed by atoms with Crippen LogP contribution in [0.15, 0.2) is 0 Å². The Bertz CT molecular complexity index is 474. The lowest BCUT2D eigenvalue weighted by atomic mass is 10.2. The maximum absolute atomic E-state index is 11.7. The molecule has 0 radical (unpaired) electrons. The van der Waals surface area contributed by atoms with Gasteiger partial charge in [-0.2, -0.15) is 0 Å². The molecule has 0 saturated heterocycles. The first-order valence-electron chi connectivity index (χ1n) is 7.66. The fourth-order valence-electron chi connectivity index (χ4n) is 1.31. The van der Waals surface area contributed by atoms with Crippen molar-refractivity contribution in [3.8, 4) is 0 Å². The normalized spacial score (nSPS) is 14.4. The summed E-state index contributed by atoms with van der Waals surface area (Å²) in [5.74, 6) is -1.32. The van der Waals surface area contributed by atoms with Crippen LogP contribution in [0.5, 0.6) is 0 Å². The van der Waals surface area contributed by atoms with E-state index in [-0.39, 0.29) is 11.5 Å². The van der Waals surface area contributed by atoms with Crippen molar-refractivity contribution in [1.29, 1.82) is 0 Å². The van der Waals surface area contributed by atoms with Crippen LogP contribution in [0.25, 0.3) is 0 Å². The fourth-order valence-corrected chi connectivity index (χ4v) is 3.57. The highest BCUT2D eigenvalue weighted by molar-refractivity contribution is 8.76. The first-order chi connectivity index (χ1) is 11.2. The van der Waals surface area contributed by atoms with Gasteiger partial charge in [0.15, 0.2) is 0 Å². The van der Waals surface area contributed by atoms with Crippen LogP contribution in [0.3, 0.4) is 0 Å². The zero-order valence-electron chi connectivity index (χ0n) is 15.5. The number of carbonyl (C=O) groups excluding carboxylic acids is 2. The van der Waals surface area contributed by atoms with Crippen LogP contribution >= 0.6 is 21.6 Å². The van der Waals surface area contributed by atoms with Crippen molar-refractivity contribution >= 4 is 39.6 Å². The molecule has 0 aliphatic carbocycles. The Hall–Kier alpha value is -1.13. The summed E-state index contributed by atoms with van der Waals surface area (Å²) < 4.78 is 10.2. The van der Waals surface area contributed by atoms with Crippen LogP contribution < -0.4 is 11.1 Å². The first kappa shape index (κ1) is 23.9. The quantitative estimate of drug-likeness (QED) is 0.320. The Morgan fingerprint density at radius 1 is 1.00 bits per heavy atom. The standard InChI is InChI=1S/C15H28N2O6S2/c1-14(2,3)22-12(20)9(16)7-24-25-8-10(11(18)19)17-13(21)23-15(4,5)6/h9-10H,7-8,16H2,1-6H3,(H,17,21)(H,18,19)/t9-,10-/m0/s1. The lowest BCUT2D eigenvalue weighted by Gasteiger charge is -2.22. The number of nitrogens with one attached hydrogen (secondary N) is 1. The van der Waals surface area contributed by atoms with E-state index in [1.807, 2.05) is 0 Å². The van der Waals surface area contributed by atoms with Gasteiger partial charge in [-0.1, -0.05) is 21.6 Å². The van der Waals surface area contributed by atoms with Gasteiger partial charge >= 0.3 is 18.0 Å². The average Bonchev–Trinajstić information content (AvgIpc) is 2.37. The summed E-state index contributed by atoms with van der Waals surface area (Å²) in [7, 11) is 2.43. The molecule has 0 heterocycles. The monoisotopic (exact) mass is 396 g/mol. The minimum absolute atomic E-state index is 0.0975. The number of hydrogen-bond donors (Lipinski definition) is 3. The topological polar surface area (TPSA) is 128 Å². The molecule has 146 valence electrons. The minimum Gasteiger partial charge on any atom is -0.480 e. The summed E-state index contributed by atoms with van der Waals surface area (Å²) in [6.45, 7) is 10.3. The molecule has 0 aliphatic heterocycles. The Kier molecular flexibility index (Phi) is 9.67. The van der Waals surface area contributed by atoms with Gasteiger partial charge in [0.2, 0.25) is 0 Å². The number of hydrogen-bond acceptors (Lipinski definition) is 8. The van der Waals surface area contributed by atoms with Crippen LogP contribution in [0.1, 0.15) is 41.5 Å². The predicted octanol–water partition coefficient (Wildman–Crippen LogP) is 2.01. The Labute approximate surface area is 156 Å². The lowest BCUT2D eigenvalue weighted by Crippen LogP contribution is -2.44. The summed E-state index contributed by atoms with van der Waals surface area (Å²) in [5.41, 5.74) is 4.41. The minimum atomic E-state index is -1.17. The molecule has 2 atom stereocenters. The highest BCUT2D eigenvalue weighted by atomic mass is 33.1. The molecule has 0 aromatic rings. The van der Waals surface area contributed by atoms with Gasteiger partial charge in [-0.05, 0) is 41.5 Å². The lowest BCUT2D eigenvalue weighted by molar-refractivity contribution is -0.155. The second-order valence-electron chi connectivity index (χ2n) is 7.25. The second kappa shape index (κ2) is 10.1. The first-order valence-corrected chi connectivity index (χ1v) is 10.2. The molecule has 0 unspecified atom stereocenters. The van der Waals surface area contributed by atoms with Crippen molar-refractivity contribution < 1.29 is 29.0 Å². The van der Waals surface area contributed by atoms with Gasteiger partial charge in [-0.3, -0.25) is 4.79 Å². The van der Waals surface area contributed by atoms with Crippen molar-refractivity contribution in [3.63, 3.8) is 0 Å². The Morgan fingerprint density at radius 3 is 1.92 bits per heavy atom. The number of carboxylic acid groups (broad SMARTS) is 1. The van der Waals surface area contributed by atoms with Crippen molar-refractivity contribution in [1.82, 2.24) is 5.32 Å². The molecule has 0 fully saturated rings.